The predicted octanol–water partition coefficient (Wildman–Crippen LogP) is 4.43. The molecule has 3 nitrogen and oxygen atoms in total. The molecule has 0 saturated heterocycles. The topological polar surface area (TPSA) is 37.8 Å². The fourth-order valence-corrected chi connectivity index (χ4v) is 2.05. The fraction of sp³-hybridized carbons (Fsp3) is 0.294. The highest BCUT2D eigenvalue weighted by atomic mass is 15.0. The summed E-state index contributed by atoms with van der Waals surface area (Å²) >= 11 is 0. The van der Waals surface area contributed by atoms with Crippen molar-refractivity contribution in [2.75, 3.05) is 5.32 Å². The second kappa shape index (κ2) is 5.45. The number of aromatic nitrogens is 2. The number of anilines is 1. The van der Waals surface area contributed by atoms with Crippen molar-refractivity contribution in [3.63, 3.8) is 0 Å². The Morgan fingerprint density at radius 3 is 2.75 bits per heavy atom. The van der Waals surface area contributed by atoms with Gasteiger partial charge in [0.15, 0.2) is 0 Å². The van der Waals surface area contributed by atoms with Crippen molar-refractivity contribution >= 4 is 22.2 Å². The van der Waals surface area contributed by atoms with Gasteiger partial charge in [0.05, 0.1) is 17.4 Å². The average molecular weight is 267 g/mol. The van der Waals surface area contributed by atoms with Crippen LogP contribution in [0.1, 0.15) is 33.4 Å². The molecule has 2 rings (SSSR count). The first kappa shape index (κ1) is 14.3. The van der Waals surface area contributed by atoms with Crippen LogP contribution in [-0.2, 0) is 0 Å². The SMILES string of the molecule is C=C/C=C(\C)c1cc(NC(C)(C)C)c2ccncc2n1. The summed E-state index contributed by atoms with van der Waals surface area (Å²) in [4.78, 5) is 8.83. The molecule has 0 fully saturated rings. The summed E-state index contributed by atoms with van der Waals surface area (Å²) in [6.07, 6.45) is 7.34. The van der Waals surface area contributed by atoms with Crippen LogP contribution in [-0.4, -0.2) is 15.5 Å². The largest absolute Gasteiger partial charge is 0.380 e. The van der Waals surface area contributed by atoms with Gasteiger partial charge in [-0.25, -0.2) is 4.98 Å². The average Bonchev–Trinajstić information content (AvgIpc) is 2.37. The van der Waals surface area contributed by atoms with Crippen molar-refractivity contribution in [2.24, 2.45) is 0 Å². The predicted molar refractivity (Wildman–Crippen MR) is 86.8 cm³/mol. The molecule has 0 amide bonds. The summed E-state index contributed by atoms with van der Waals surface area (Å²) in [6.45, 7) is 12.2. The van der Waals surface area contributed by atoms with Crippen LogP contribution in [0.4, 0.5) is 5.69 Å². The molecule has 104 valence electrons. The van der Waals surface area contributed by atoms with Crippen molar-refractivity contribution in [3.8, 4) is 0 Å². The van der Waals surface area contributed by atoms with Crippen LogP contribution in [0.15, 0.2) is 43.3 Å². The van der Waals surface area contributed by atoms with Crippen molar-refractivity contribution in [1.29, 1.82) is 0 Å². The van der Waals surface area contributed by atoms with Crippen LogP contribution >= 0.6 is 0 Å². The Bertz CT molecular complexity index is 663. The van der Waals surface area contributed by atoms with E-state index in [0.29, 0.717) is 0 Å². The van der Waals surface area contributed by atoms with E-state index in [2.05, 4.69) is 48.7 Å². The van der Waals surface area contributed by atoms with Gasteiger partial charge in [-0.2, -0.15) is 0 Å². The Morgan fingerprint density at radius 1 is 1.35 bits per heavy atom. The van der Waals surface area contributed by atoms with Crippen LogP contribution in [0, 0.1) is 0 Å². The van der Waals surface area contributed by atoms with E-state index in [1.165, 1.54) is 0 Å². The Labute approximate surface area is 120 Å². The monoisotopic (exact) mass is 267 g/mol. The number of allylic oxidation sites excluding steroid dienone is 3. The van der Waals surface area contributed by atoms with E-state index < -0.39 is 0 Å². The Kier molecular flexibility index (Phi) is 3.89. The molecule has 2 aromatic heterocycles. The molecule has 0 atom stereocenters. The summed E-state index contributed by atoms with van der Waals surface area (Å²) in [7, 11) is 0. The molecule has 2 aromatic rings. The lowest BCUT2D eigenvalue weighted by molar-refractivity contribution is 0.635. The van der Waals surface area contributed by atoms with Crippen LogP contribution < -0.4 is 5.32 Å². The third-order valence-electron chi connectivity index (χ3n) is 2.89. The molecule has 0 saturated carbocycles. The highest BCUT2D eigenvalue weighted by Gasteiger charge is 2.13. The number of hydrogen-bond donors (Lipinski definition) is 1. The fourth-order valence-electron chi connectivity index (χ4n) is 2.05. The minimum atomic E-state index is -0.00905. The lowest BCUT2D eigenvalue weighted by atomic mass is 10.1. The number of rotatable bonds is 3. The molecule has 0 aliphatic rings. The van der Waals surface area contributed by atoms with Gasteiger partial charge in [0.1, 0.15) is 0 Å². The number of fused-ring (bicyclic) bond motifs is 1. The van der Waals surface area contributed by atoms with Gasteiger partial charge in [0.2, 0.25) is 0 Å². The molecule has 0 radical (unpaired) electrons. The van der Waals surface area contributed by atoms with Crippen LogP contribution in [0.5, 0.6) is 0 Å². The van der Waals surface area contributed by atoms with Gasteiger partial charge in [0.25, 0.3) is 0 Å². The summed E-state index contributed by atoms with van der Waals surface area (Å²) < 4.78 is 0. The highest BCUT2D eigenvalue weighted by Crippen LogP contribution is 2.27. The van der Waals surface area contributed by atoms with Gasteiger partial charge < -0.3 is 5.32 Å². The minimum absolute atomic E-state index is 0.00905. The maximum atomic E-state index is 4.67. The summed E-state index contributed by atoms with van der Waals surface area (Å²) in [6, 6.07) is 4.08. The molecular formula is C17H21N3. The Morgan fingerprint density at radius 2 is 2.10 bits per heavy atom. The Balaban J connectivity index is 2.64. The lowest BCUT2D eigenvalue weighted by Crippen LogP contribution is -2.26. The number of hydrogen-bond acceptors (Lipinski definition) is 3. The van der Waals surface area contributed by atoms with Gasteiger partial charge in [-0.05, 0) is 45.4 Å². The van der Waals surface area contributed by atoms with E-state index in [9.17, 15) is 0 Å². The third-order valence-corrected chi connectivity index (χ3v) is 2.89. The zero-order chi connectivity index (χ0) is 14.8. The molecule has 3 heteroatoms. The maximum absolute atomic E-state index is 4.67. The van der Waals surface area contributed by atoms with Crippen LogP contribution in [0.25, 0.3) is 16.5 Å². The molecule has 2 heterocycles. The smallest absolute Gasteiger partial charge is 0.0913 e. The summed E-state index contributed by atoms with van der Waals surface area (Å²) in [5, 5.41) is 4.63. The third kappa shape index (κ3) is 3.23. The molecule has 0 aromatic carbocycles. The van der Waals surface area contributed by atoms with Gasteiger partial charge in [0, 0.05) is 22.8 Å². The second-order valence-electron chi connectivity index (χ2n) is 5.91. The quantitative estimate of drug-likeness (QED) is 0.836. The molecule has 0 aliphatic heterocycles. The number of nitrogens with one attached hydrogen (secondary N) is 1. The standard InChI is InChI=1S/C17H21N3/c1-6-7-12(2)14-10-15(20-17(3,4)5)13-8-9-18-11-16(13)19-14/h6-11H,1H2,2-5H3,(H,19,20)/b12-7+. The van der Waals surface area contributed by atoms with Gasteiger partial charge >= 0.3 is 0 Å². The van der Waals surface area contributed by atoms with Crippen LogP contribution in [0.3, 0.4) is 0 Å². The minimum Gasteiger partial charge on any atom is -0.380 e. The normalized spacial score (nSPS) is 12.5. The highest BCUT2D eigenvalue weighted by molar-refractivity contribution is 5.92. The zero-order valence-corrected chi connectivity index (χ0v) is 12.6. The van der Waals surface area contributed by atoms with E-state index >= 15 is 0 Å². The lowest BCUT2D eigenvalue weighted by Gasteiger charge is -2.23. The van der Waals surface area contributed by atoms with Crippen molar-refractivity contribution in [3.05, 3.63) is 49.0 Å². The number of pyridine rings is 2. The van der Waals surface area contributed by atoms with Gasteiger partial charge in [-0.15, -0.1) is 0 Å². The van der Waals surface area contributed by atoms with E-state index in [1.54, 1.807) is 18.5 Å². The number of nitrogens with zero attached hydrogens (tertiary/aromatic N) is 2. The van der Waals surface area contributed by atoms with E-state index in [1.807, 2.05) is 19.1 Å². The molecule has 20 heavy (non-hydrogen) atoms. The van der Waals surface area contributed by atoms with Crippen LogP contribution in [0.2, 0.25) is 0 Å². The second-order valence-corrected chi connectivity index (χ2v) is 5.91. The van der Waals surface area contributed by atoms with Gasteiger partial charge in [-0.1, -0.05) is 18.7 Å². The van der Waals surface area contributed by atoms with Crippen molar-refractivity contribution in [1.82, 2.24) is 9.97 Å². The molecular weight excluding hydrogens is 246 g/mol. The summed E-state index contributed by atoms with van der Waals surface area (Å²) in [5.41, 5.74) is 4.00. The van der Waals surface area contributed by atoms with E-state index in [4.69, 9.17) is 0 Å². The van der Waals surface area contributed by atoms with Gasteiger partial charge in [-0.3, -0.25) is 4.98 Å². The van der Waals surface area contributed by atoms with Crippen molar-refractivity contribution < 1.29 is 0 Å². The molecule has 0 unspecified atom stereocenters. The molecule has 1 N–H and O–H groups in total. The first-order valence-electron chi connectivity index (χ1n) is 6.73. The summed E-state index contributed by atoms with van der Waals surface area (Å²) in [5.74, 6) is 0. The molecule has 0 bridgehead atoms. The van der Waals surface area contributed by atoms with E-state index in [-0.39, 0.29) is 5.54 Å². The maximum Gasteiger partial charge on any atom is 0.0913 e. The van der Waals surface area contributed by atoms with Crippen molar-refractivity contribution in [2.45, 2.75) is 33.2 Å². The molecule has 0 spiro atoms. The van der Waals surface area contributed by atoms with E-state index in [0.717, 1.165) is 27.9 Å². The first-order chi connectivity index (χ1) is 9.40. The molecule has 0 aliphatic carbocycles. The first-order valence-corrected chi connectivity index (χ1v) is 6.73. The zero-order valence-electron chi connectivity index (χ0n) is 12.6. The Hall–Kier alpha value is -2.16.